The third kappa shape index (κ3) is 2.46. The Hall–Kier alpha value is -1.38. The zero-order valence-corrected chi connectivity index (χ0v) is 11.3. The van der Waals surface area contributed by atoms with Gasteiger partial charge in [-0.1, -0.05) is 34.8 Å². The van der Waals surface area contributed by atoms with E-state index in [2.05, 4.69) is 9.97 Å². The summed E-state index contributed by atoms with van der Waals surface area (Å²) >= 11 is 16.7. The largest absolute Gasteiger partial charge is 0.423 e. The van der Waals surface area contributed by atoms with Gasteiger partial charge in [0.1, 0.15) is 16.1 Å². The number of benzene rings is 1. The van der Waals surface area contributed by atoms with Crippen LogP contribution in [0.1, 0.15) is 5.56 Å². The van der Waals surface area contributed by atoms with Crippen molar-refractivity contribution in [3.63, 3.8) is 0 Å². The molecule has 1 aromatic carbocycles. The number of halogens is 6. The third-order valence-electron chi connectivity index (χ3n) is 2.28. The zero-order valence-electron chi connectivity index (χ0n) is 9.00. The summed E-state index contributed by atoms with van der Waals surface area (Å²) in [6.07, 6.45) is -4.98. The Morgan fingerprint density at radius 1 is 1.15 bits per heavy atom. The lowest BCUT2D eigenvalue weighted by Crippen LogP contribution is -2.10. The van der Waals surface area contributed by atoms with E-state index in [1.54, 1.807) is 0 Å². The molecule has 0 fully saturated rings. The second kappa shape index (κ2) is 4.87. The minimum atomic E-state index is -4.98. The van der Waals surface area contributed by atoms with Crippen molar-refractivity contribution in [2.24, 2.45) is 0 Å². The van der Waals surface area contributed by atoms with Crippen molar-refractivity contribution in [3.05, 3.63) is 37.1 Å². The van der Waals surface area contributed by atoms with Crippen LogP contribution in [0.5, 0.6) is 0 Å². The summed E-state index contributed by atoms with van der Waals surface area (Å²) in [5.41, 5.74) is -3.52. The molecule has 0 N–H and O–H groups in total. The first kappa shape index (κ1) is 15.0. The molecule has 1 aromatic heterocycles. The molecule has 106 valence electrons. The molecule has 20 heavy (non-hydrogen) atoms. The van der Waals surface area contributed by atoms with Gasteiger partial charge in [-0.25, -0.2) is 9.97 Å². The standard InChI is InChI=1S/C9HCl3F3N3O2/c10-4-5-3(16-7(11)8(12)17-5)1-2(9(13,14)15)6(4)18(19)20/h1H. The number of fused-ring (bicyclic) bond motifs is 1. The van der Waals surface area contributed by atoms with E-state index >= 15 is 0 Å². The highest BCUT2D eigenvalue weighted by molar-refractivity contribution is 6.41. The molecule has 5 nitrogen and oxygen atoms in total. The van der Waals surface area contributed by atoms with Gasteiger partial charge in [-0.15, -0.1) is 0 Å². The van der Waals surface area contributed by atoms with Crippen LogP contribution in [0.25, 0.3) is 11.0 Å². The molecule has 0 aliphatic rings. The molecule has 0 atom stereocenters. The number of alkyl halides is 3. The highest BCUT2D eigenvalue weighted by atomic mass is 35.5. The monoisotopic (exact) mass is 345 g/mol. The number of hydrogen-bond acceptors (Lipinski definition) is 4. The Balaban J connectivity index is 2.97. The number of aromatic nitrogens is 2. The maximum atomic E-state index is 12.8. The minimum absolute atomic E-state index is 0.324. The Morgan fingerprint density at radius 2 is 1.70 bits per heavy atom. The van der Waals surface area contributed by atoms with Gasteiger partial charge < -0.3 is 0 Å². The highest BCUT2D eigenvalue weighted by Crippen LogP contribution is 2.43. The van der Waals surface area contributed by atoms with E-state index in [0.717, 1.165) is 0 Å². The molecule has 0 aliphatic carbocycles. The summed E-state index contributed by atoms with van der Waals surface area (Å²) in [4.78, 5) is 16.7. The van der Waals surface area contributed by atoms with Crippen molar-refractivity contribution >= 4 is 51.5 Å². The van der Waals surface area contributed by atoms with Crippen LogP contribution in [-0.2, 0) is 6.18 Å². The molecule has 2 aromatic rings. The fourth-order valence-corrected chi connectivity index (χ4v) is 2.07. The minimum Gasteiger partial charge on any atom is -0.258 e. The summed E-state index contributed by atoms with van der Waals surface area (Å²) in [6, 6.07) is 0.453. The molecule has 0 amide bonds. The van der Waals surface area contributed by atoms with E-state index in [1.807, 2.05) is 0 Å². The maximum Gasteiger partial charge on any atom is 0.423 e. The molecular formula is C9HCl3F3N3O2. The molecule has 0 bridgehead atoms. The van der Waals surface area contributed by atoms with E-state index in [-0.39, 0.29) is 21.3 Å². The Bertz CT molecular complexity index is 736. The SMILES string of the molecule is O=[N+]([O-])c1c(C(F)(F)F)cc2nc(Cl)c(Cl)nc2c1Cl. The summed E-state index contributed by atoms with van der Waals surface area (Å²) in [5.74, 6) is 0. The quantitative estimate of drug-likeness (QED) is 0.562. The van der Waals surface area contributed by atoms with Crippen molar-refractivity contribution in [2.45, 2.75) is 6.18 Å². The topological polar surface area (TPSA) is 68.9 Å². The van der Waals surface area contributed by atoms with Crippen molar-refractivity contribution in [1.82, 2.24) is 9.97 Å². The fourth-order valence-electron chi connectivity index (χ4n) is 1.50. The van der Waals surface area contributed by atoms with Crippen LogP contribution in [0, 0.1) is 10.1 Å². The predicted octanol–water partition coefficient (Wildman–Crippen LogP) is 4.52. The van der Waals surface area contributed by atoms with Crippen LogP contribution in [0.4, 0.5) is 18.9 Å². The van der Waals surface area contributed by atoms with Gasteiger partial charge in [0.25, 0.3) is 0 Å². The lowest BCUT2D eigenvalue weighted by molar-refractivity contribution is -0.387. The van der Waals surface area contributed by atoms with Crippen molar-refractivity contribution in [2.75, 3.05) is 0 Å². The first-order chi connectivity index (χ1) is 9.12. The van der Waals surface area contributed by atoms with Crippen molar-refractivity contribution in [1.29, 1.82) is 0 Å². The molecule has 0 saturated carbocycles. The zero-order chi connectivity index (χ0) is 15.2. The molecular weight excluding hydrogens is 345 g/mol. The summed E-state index contributed by atoms with van der Waals surface area (Å²) in [7, 11) is 0. The number of nitro benzene ring substituents is 1. The van der Waals surface area contributed by atoms with Crippen LogP contribution < -0.4 is 0 Å². The predicted molar refractivity (Wildman–Crippen MR) is 66.2 cm³/mol. The maximum absolute atomic E-state index is 12.8. The van der Waals surface area contributed by atoms with Crippen LogP contribution in [0.3, 0.4) is 0 Å². The van der Waals surface area contributed by atoms with Gasteiger partial charge in [-0.3, -0.25) is 10.1 Å². The first-order valence-electron chi connectivity index (χ1n) is 4.69. The molecule has 0 unspecified atom stereocenters. The second-order valence-corrected chi connectivity index (χ2v) is 4.61. The Labute approximate surface area is 123 Å². The van der Waals surface area contributed by atoms with E-state index in [9.17, 15) is 23.3 Å². The van der Waals surface area contributed by atoms with Gasteiger partial charge in [-0.2, -0.15) is 13.2 Å². The van der Waals surface area contributed by atoms with Gasteiger partial charge in [0, 0.05) is 0 Å². The fraction of sp³-hybridized carbons (Fsp3) is 0.111. The molecule has 0 saturated heterocycles. The molecule has 0 radical (unpaired) electrons. The van der Waals surface area contributed by atoms with E-state index < -0.39 is 27.4 Å². The van der Waals surface area contributed by atoms with Crippen LogP contribution in [-0.4, -0.2) is 14.9 Å². The number of nitrogens with zero attached hydrogens (tertiary/aromatic N) is 3. The molecule has 1 heterocycles. The smallest absolute Gasteiger partial charge is 0.258 e. The number of nitro groups is 1. The van der Waals surface area contributed by atoms with Gasteiger partial charge in [0.05, 0.1) is 10.4 Å². The molecule has 11 heteroatoms. The average molecular weight is 346 g/mol. The third-order valence-corrected chi connectivity index (χ3v) is 3.26. The summed E-state index contributed by atoms with van der Waals surface area (Å²) < 4.78 is 38.5. The number of rotatable bonds is 1. The van der Waals surface area contributed by atoms with Crippen LogP contribution in [0.15, 0.2) is 6.07 Å². The van der Waals surface area contributed by atoms with E-state index in [4.69, 9.17) is 34.8 Å². The van der Waals surface area contributed by atoms with E-state index in [0.29, 0.717) is 6.07 Å². The van der Waals surface area contributed by atoms with Gasteiger partial charge in [-0.05, 0) is 6.07 Å². The van der Waals surface area contributed by atoms with Crippen LogP contribution in [0.2, 0.25) is 15.3 Å². The average Bonchev–Trinajstić information content (AvgIpc) is 2.29. The summed E-state index contributed by atoms with van der Waals surface area (Å²) in [5, 5.41) is 9.34. The number of hydrogen-bond donors (Lipinski definition) is 0. The van der Waals surface area contributed by atoms with Crippen molar-refractivity contribution in [3.8, 4) is 0 Å². The molecule has 2 rings (SSSR count). The van der Waals surface area contributed by atoms with E-state index in [1.165, 1.54) is 0 Å². The van der Waals surface area contributed by atoms with Crippen molar-refractivity contribution < 1.29 is 18.1 Å². The summed E-state index contributed by atoms with van der Waals surface area (Å²) in [6.45, 7) is 0. The normalized spacial score (nSPS) is 11.9. The van der Waals surface area contributed by atoms with Gasteiger partial charge >= 0.3 is 11.9 Å². The first-order valence-corrected chi connectivity index (χ1v) is 5.83. The highest BCUT2D eigenvalue weighted by Gasteiger charge is 2.41. The molecule has 0 aliphatic heterocycles. The van der Waals surface area contributed by atoms with Gasteiger partial charge in [0.15, 0.2) is 10.3 Å². The lowest BCUT2D eigenvalue weighted by atomic mass is 10.1. The Kier molecular flexibility index (Phi) is 3.66. The second-order valence-electron chi connectivity index (χ2n) is 3.51. The lowest BCUT2D eigenvalue weighted by Gasteiger charge is -2.10. The Morgan fingerprint density at radius 3 is 2.20 bits per heavy atom. The van der Waals surface area contributed by atoms with Gasteiger partial charge in [0.2, 0.25) is 0 Å². The van der Waals surface area contributed by atoms with Crippen LogP contribution >= 0.6 is 34.8 Å². The molecule has 0 spiro atoms.